The van der Waals surface area contributed by atoms with Gasteiger partial charge in [-0.25, -0.2) is 4.98 Å². The number of benzene rings is 2. The minimum atomic E-state index is 0.267. The number of pyridine rings is 1. The van der Waals surface area contributed by atoms with Crippen LogP contribution in [0.3, 0.4) is 0 Å². The van der Waals surface area contributed by atoms with Crippen molar-refractivity contribution in [3.05, 3.63) is 71.9 Å². The summed E-state index contributed by atoms with van der Waals surface area (Å²) >= 11 is 0. The van der Waals surface area contributed by atoms with E-state index in [9.17, 15) is 0 Å². The number of hydrogen-bond donors (Lipinski definition) is 2. The van der Waals surface area contributed by atoms with Crippen LogP contribution in [0.15, 0.2) is 60.7 Å². The standard InChI is InChI=1S/C22H25N3O/c1-16(6-13-22(23)24)14-17-7-11-20(12-8-17)26-15-19-10-9-18-4-2-3-5-21(18)25-19/h2-5,7-12,16H,6,13-15H2,1H3,(H3,23,24). The van der Waals surface area contributed by atoms with Crippen molar-refractivity contribution >= 4 is 16.7 Å². The molecule has 0 aliphatic heterocycles. The number of hydrogen-bond acceptors (Lipinski definition) is 3. The molecule has 1 unspecified atom stereocenters. The number of nitrogens with two attached hydrogens (primary N) is 1. The van der Waals surface area contributed by atoms with E-state index in [4.69, 9.17) is 15.9 Å². The molecule has 1 heterocycles. The normalized spacial score (nSPS) is 12.0. The van der Waals surface area contributed by atoms with Crippen molar-refractivity contribution in [1.29, 1.82) is 5.41 Å². The Morgan fingerprint density at radius 1 is 1.08 bits per heavy atom. The molecule has 3 aromatic rings. The second-order valence-electron chi connectivity index (χ2n) is 6.80. The van der Waals surface area contributed by atoms with Crippen molar-refractivity contribution in [3.63, 3.8) is 0 Å². The Bertz CT molecular complexity index is 874. The van der Waals surface area contributed by atoms with Gasteiger partial charge >= 0.3 is 0 Å². The molecule has 1 aromatic heterocycles. The first-order chi connectivity index (χ1) is 12.6. The van der Waals surface area contributed by atoms with E-state index < -0.39 is 0 Å². The number of fused-ring (bicyclic) bond motifs is 1. The Balaban J connectivity index is 1.54. The topological polar surface area (TPSA) is 72.0 Å². The van der Waals surface area contributed by atoms with Crippen molar-refractivity contribution < 1.29 is 4.74 Å². The largest absolute Gasteiger partial charge is 0.487 e. The fraction of sp³-hybridized carbons (Fsp3) is 0.273. The number of nitrogens with one attached hydrogen (secondary N) is 1. The van der Waals surface area contributed by atoms with E-state index in [2.05, 4.69) is 36.2 Å². The van der Waals surface area contributed by atoms with E-state index in [0.717, 1.165) is 35.2 Å². The minimum Gasteiger partial charge on any atom is -0.487 e. The fourth-order valence-electron chi connectivity index (χ4n) is 2.97. The summed E-state index contributed by atoms with van der Waals surface area (Å²) in [6.45, 7) is 2.65. The van der Waals surface area contributed by atoms with Gasteiger partial charge in [-0.05, 0) is 48.6 Å². The molecule has 0 aliphatic carbocycles. The van der Waals surface area contributed by atoms with Crippen molar-refractivity contribution in [1.82, 2.24) is 4.98 Å². The van der Waals surface area contributed by atoms with Gasteiger partial charge in [0.15, 0.2) is 0 Å². The lowest BCUT2D eigenvalue weighted by atomic mass is 9.96. The van der Waals surface area contributed by atoms with Crippen molar-refractivity contribution in [3.8, 4) is 5.75 Å². The van der Waals surface area contributed by atoms with Gasteiger partial charge in [0.1, 0.15) is 12.4 Å². The molecule has 4 nitrogen and oxygen atoms in total. The van der Waals surface area contributed by atoms with Gasteiger partial charge in [0.05, 0.1) is 17.0 Å². The molecule has 26 heavy (non-hydrogen) atoms. The third kappa shape index (κ3) is 5.06. The maximum absolute atomic E-state index is 7.31. The van der Waals surface area contributed by atoms with Gasteiger partial charge in [0.25, 0.3) is 0 Å². The minimum absolute atomic E-state index is 0.267. The molecule has 0 saturated carbocycles. The summed E-state index contributed by atoms with van der Waals surface area (Å²) in [5.41, 5.74) is 8.61. The van der Waals surface area contributed by atoms with Crippen molar-refractivity contribution in [2.75, 3.05) is 0 Å². The second kappa shape index (κ2) is 8.48. The number of para-hydroxylation sites is 1. The molecule has 4 heteroatoms. The lowest BCUT2D eigenvalue weighted by molar-refractivity contribution is 0.301. The van der Waals surface area contributed by atoms with Gasteiger partial charge in [-0.15, -0.1) is 0 Å². The van der Waals surface area contributed by atoms with Crippen LogP contribution in [0.25, 0.3) is 10.9 Å². The Hall–Kier alpha value is -2.88. The summed E-state index contributed by atoms with van der Waals surface area (Å²) < 4.78 is 5.87. The molecule has 0 saturated heterocycles. The van der Waals surface area contributed by atoms with Crippen LogP contribution >= 0.6 is 0 Å². The van der Waals surface area contributed by atoms with Crippen LogP contribution in [0.1, 0.15) is 31.0 Å². The molecule has 0 fully saturated rings. The number of amidine groups is 1. The Morgan fingerprint density at radius 2 is 1.85 bits per heavy atom. The van der Waals surface area contributed by atoms with Gasteiger partial charge in [-0.2, -0.15) is 0 Å². The van der Waals surface area contributed by atoms with E-state index in [-0.39, 0.29) is 5.84 Å². The maximum atomic E-state index is 7.31. The molecule has 2 aromatic carbocycles. The monoisotopic (exact) mass is 347 g/mol. The highest BCUT2D eigenvalue weighted by atomic mass is 16.5. The van der Waals surface area contributed by atoms with E-state index in [1.807, 2.05) is 36.4 Å². The van der Waals surface area contributed by atoms with Crippen LogP contribution in [0.2, 0.25) is 0 Å². The van der Waals surface area contributed by atoms with Gasteiger partial charge < -0.3 is 10.5 Å². The highest BCUT2D eigenvalue weighted by molar-refractivity contribution is 5.78. The van der Waals surface area contributed by atoms with E-state index in [1.54, 1.807) is 0 Å². The zero-order valence-electron chi connectivity index (χ0n) is 15.1. The SMILES string of the molecule is CC(CCC(=N)N)Cc1ccc(OCc2ccc3ccccc3n2)cc1. The van der Waals surface area contributed by atoms with Gasteiger partial charge in [-0.3, -0.25) is 5.41 Å². The molecule has 3 rings (SSSR count). The third-order valence-corrected chi connectivity index (χ3v) is 4.46. The van der Waals surface area contributed by atoms with E-state index in [0.29, 0.717) is 18.9 Å². The van der Waals surface area contributed by atoms with Gasteiger partial charge in [0, 0.05) is 11.8 Å². The number of rotatable bonds is 8. The third-order valence-electron chi connectivity index (χ3n) is 4.46. The van der Waals surface area contributed by atoms with Crippen LogP contribution in [0.5, 0.6) is 5.75 Å². The van der Waals surface area contributed by atoms with E-state index >= 15 is 0 Å². The number of ether oxygens (including phenoxy) is 1. The van der Waals surface area contributed by atoms with Crippen molar-refractivity contribution in [2.45, 2.75) is 32.8 Å². The molecule has 0 spiro atoms. The summed E-state index contributed by atoms with van der Waals surface area (Å²) in [5, 5.41) is 8.45. The summed E-state index contributed by atoms with van der Waals surface area (Å²) in [6.07, 6.45) is 2.60. The summed E-state index contributed by atoms with van der Waals surface area (Å²) in [4.78, 5) is 4.63. The summed E-state index contributed by atoms with van der Waals surface area (Å²) in [7, 11) is 0. The fourth-order valence-corrected chi connectivity index (χ4v) is 2.97. The molecule has 0 radical (unpaired) electrons. The maximum Gasteiger partial charge on any atom is 0.130 e. The van der Waals surface area contributed by atoms with Crippen LogP contribution in [-0.2, 0) is 13.0 Å². The van der Waals surface area contributed by atoms with Crippen LogP contribution in [0.4, 0.5) is 0 Å². The van der Waals surface area contributed by atoms with Gasteiger partial charge in [0.2, 0.25) is 0 Å². The average Bonchev–Trinajstić information content (AvgIpc) is 2.65. The van der Waals surface area contributed by atoms with Crippen LogP contribution in [0, 0.1) is 11.3 Å². The molecule has 134 valence electrons. The number of nitrogens with zero attached hydrogens (tertiary/aromatic N) is 1. The second-order valence-corrected chi connectivity index (χ2v) is 6.80. The smallest absolute Gasteiger partial charge is 0.130 e. The molecule has 0 aliphatic rings. The molecule has 3 N–H and O–H groups in total. The Morgan fingerprint density at radius 3 is 2.62 bits per heavy atom. The zero-order valence-corrected chi connectivity index (χ0v) is 15.1. The van der Waals surface area contributed by atoms with Crippen LogP contribution in [-0.4, -0.2) is 10.8 Å². The van der Waals surface area contributed by atoms with Crippen molar-refractivity contribution in [2.24, 2.45) is 11.7 Å². The molecular formula is C22H25N3O. The quantitative estimate of drug-likeness (QED) is 0.458. The highest BCUT2D eigenvalue weighted by Crippen LogP contribution is 2.19. The molecule has 0 amide bonds. The number of aromatic nitrogens is 1. The van der Waals surface area contributed by atoms with Crippen LogP contribution < -0.4 is 10.5 Å². The Labute approximate surface area is 154 Å². The zero-order chi connectivity index (χ0) is 18.4. The van der Waals surface area contributed by atoms with E-state index in [1.165, 1.54) is 5.56 Å². The first-order valence-corrected chi connectivity index (χ1v) is 8.99. The Kier molecular flexibility index (Phi) is 5.84. The average molecular weight is 347 g/mol. The lowest BCUT2D eigenvalue weighted by Crippen LogP contribution is -2.11. The molecule has 1 atom stereocenters. The molecule has 0 bridgehead atoms. The summed E-state index contributed by atoms with van der Waals surface area (Å²) in [6, 6.07) is 20.4. The summed E-state index contributed by atoms with van der Waals surface area (Å²) in [5.74, 6) is 1.62. The molecular weight excluding hydrogens is 322 g/mol. The predicted octanol–water partition coefficient (Wildman–Crippen LogP) is 4.71. The predicted molar refractivity (Wildman–Crippen MR) is 107 cm³/mol. The highest BCUT2D eigenvalue weighted by Gasteiger charge is 2.05. The van der Waals surface area contributed by atoms with Gasteiger partial charge in [-0.1, -0.05) is 43.3 Å². The lowest BCUT2D eigenvalue weighted by Gasteiger charge is -2.12. The first kappa shape index (κ1) is 17.9. The first-order valence-electron chi connectivity index (χ1n) is 8.99.